The van der Waals surface area contributed by atoms with Crippen molar-refractivity contribution in [2.24, 2.45) is 5.92 Å². The number of H-pyrrole nitrogens is 1. The summed E-state index contributed by atoms with van der Waals surface area (Å²) >= 11 is 0. The maximum atomic E-state index is 13.2. The summed E-state index contributed by atoms with van der Waals surface area (Å²) in [4.78, 5) is 36.2. The Morgan fingerprint density at radius 3 is 2.33 bits per heavy atom. The second-order valence-corrected chi connectivity index (χ2v) is 11.8. The Morgan fingerprint density at radius 2 is 1.82 bits per heavy atom. The summed E-state index contributed by atoms with van der Waals surface area (Å²) in [6, 6.07) is 7.42. The minimum atomic E-state index is -5.08. The van der Waals surface area contributed by atoms with Crippen LogP contribution < -0.4 is 0 Å². The molecule has 1 saturated carbocycles. The van der Waals surface area contributed by atoms with Crippen LogP contribution in [0.4, 0.5) is 13.2 Å². The van der Waals surface area contributed by atoms with Gasteiger partial charge in [0.05, 0.1) is 16.2 Å². The number of imidazole rings is 1. The number of aromatic nitrogens is 3. The molecular formula is C26H27F3N4O5S. The highest BCUT2D eigenvalue weighted by atomic mass is 32.2. The molecule has 0 saturated heterocycles. The first-order valence-electron chi connectivity index (χ1n) is 12.1. The summed E-state index contributed by atoms with van der Waals surface area (Å²) < 4.78 is 57.1. The molecule has 0 spiro atoms. The first-order valence-corrected chi connectivity index (χ1v) is 13.9. The number of sulfone groups is 1. The molecule has 9 nitrogen and oxygen atoms in total. The number of rotatable bonds is 5. The van der Waals surface area contributed by atoms with Crippen molar-refractivity contribution in [1.29, 1.82) is 0 Å². The van der Waals surface area contributed by atoms with Crippen LogP contribution >= 0.6 is 0 Å². The molecule has 0 radical (unpaired) electrons. The number of carbonyl (C=O) groups excluding carboxylic acids is 1. The summed E-state index contributed by atoms with van der Waals surface area (Å²) in [6.45, 7) is 6.39. The number of aromatic amines is 1. The number of halogens is 3. The number of hydrogen-bond donors (Lipinski definition) is 2. The molecule has 1 aliphatic heterocycles. The van der Waals surface area contributed by atoms with E-state index in [9.17, 15) is 26.4 Å². The number of pyridine rings is 1. The van der Waals surface area contributed by atoms with Gasteiger partial charge in [-0.2, -0.15) is 13.2 Å². The quantitative estimate of drug-likeness (QED) is 0.465. The van der Waals surface area contributed by atoms with Gasteiger partial charge in [0.15, 0.2) is 15.7 Å². The van der Waals surface area contributed by atoms with E-state index in [0.29, 0.717) is 29.5 Å². The van der Waals surface area contributed by atoms with Crippen LogP contribution in [0.25, 0.3) is 22.6 Å². The average Bonchev–Trinajstić information content (AvgIpc) is 3.58. The van der Waals surface area contributed by atoms with Crippen molar-refractivity contribution in [3.05, 3.63) is 53.0 Å². The molecule has 2 aliphatic rings. The van der Waals surface area contributed by atoms with Gasteiger partial charge in [-0.15, -0.1) is 0 Å². The summed E-state index contributed by atoms with van der Waals surface area (Å²) in [5, 5.41) is 7.12. The lowest BCUT2D eigenvalue weighted by molar-refractivity contribution is -0.192. The first kappa shape index (κ1) is 28.3. The van der Waals surface area contributed by atoms with Crippen molar-refractivity contribution in [3.63, 3.8) is 0 Å². The van der Waals surface area contributed by atoms with Crippen molar-refractivity contribution in [3.8, 4) is 22.6 Å². The van der Waals surface area contributed by atoms with Gasteiger partial charge in [0.1, 0.15) is 5.69 Å². The number of carboxylic acids is 1. The highest BCUT2D eigenvalue weighted by Crippen LogP contribution is 2.41. The van der Waals surface area contributed by atoms with E-state index >= 15 is 0 Å². The van der Waals surface area contributed by atoms with E-state index in [2.05, 4.69) is 21.9 Å². The van der Waals surface area contributed by atoms with Gasteiger partial charge in [0.25, 0.3) is 5.91 Å². The second-order valence-electron chi connectivity index (χ2n) is 9.82. The Labute approximate surface area is 223 Å². The highest BCUT2D eigenvalue weighted by molar-refractivity contribution is 7.90. The molecule has 3 heterocycles. The van der Waals surface area contributed by atoms with Gasteiger partial charge in [-0.25, -0.2) is 18.2 Å². The van der Waals surface area contributed by atoms with E-state index in [1.54, 1.807) is 12.3 Å². The molecule has 2 aromatic heterocycles. The summed E-state index contributed by atoms with van der Waals surface area (Å²) in [7, 11) is -3.59. The van der Waals surface area contributed by atoms with Crippen LogP contribution in [0.3, 0.4) is 0 Å². The minimum absolute atomic E-state index is 0.101. The third kappa shape index (κ3) is 5.97. The number of nitrogens with zero attached hydrogens (tertiary/aromatic N) is 3. The Hall–Kier alpha value is -3.74. The van der Waals surface area contributed by atoms with Crippen LogP contribution in [0.2, 0.25) is 0 Å². The van der Waals surface area contributed by atoms with E-state index in [1.807, 2.05) is 36.9 Å². The topological polar surface area (TPSA) is 133 Å². The number of amides is 1. The zero-order valence-electron chi connectivity index (χ0n) is 21.6. The number of carboxylic acid groups (broad SMARTS) is 1. The standard InChI is InChI=1S/C24H26N4O3S.C2HF3O2/c1-13-14(2)27-23(26-13)20-10-17(7-8-25-20)18-9-19-12-28(15(3)16-5-6-16)24(29)22(19)21(11-18)32(4,30)31;3-2(4,5)1(6)7/h7-11,15-16H,5-6,12H2,1-4H3,(H,26,27);(H,6,7). The van der Waals surface area contributed by atoms with Gasteiger partial charge in [-0.3, -0.25) is 9.78 Å². The molecule has 3 aromatic rings. The number of alkyl halides is 3. The SMILES string of the molecule is Cc1nc(-c2cc(-c3cc4c(c(S(C)(=O)=O)c3)C(=O)N(C(C)C3CC3)C4)ccn2)[nH]c1C.O=C(O)C(F)(F)F. The Bertz CT molecular complexity index is 1540. The fraction of sp³-hybridized carbons (Fsp3) is 0.385. The van der Waals surface area contributed by atoms with Crippen LogP contribution in [-0.2, 0) is 21.2 Å². The zero-order chi connectivity index (χ0) is 28.9. The van der Waals surface area contributed by atoms with Crippen LogP contribution in [0.15, 0.2) is 35.4 Å². The van der Waals surface area contributed by atoms with Crippen molar-refractivity contribution < 1.29 is 36.3 Å². The van der Waals surface area contributed by atoms with Crippen LogP contribution in [0, 0.1) is 19.8 Å². The number of hydrogen-bond acceptors (Lipinski definition) is 6. The maximum Gasteiger partial charge on any atom is 0.490 e. The van der Waals surface area contributed by atoms with Crippen molar-refractivity contribution in [1.82, 2.24) is 19.9 Å². The molecule has 1 aromatic carbocycles. The third-order valence-electron chi connectivity index (χ3n) is 6.90. The van der Waals surface area contributed by atoms with E-state index < -0.39 is 22.0 Å². The number of carbonyl (C=O) groups is 2. The van der Waals surface area contributed by atoms with Crippen LogP contribution in [0.1, 0.15) is 47.1 Å². The smallest absolute Gasteiger partial charge is 0.475 e. The molecule has 13 heteroatoms. The van der Waals surface area contributed by atoms with Gasteiger partial charge in [-0.1, -0.05) is 0 Å². The molecule has 1 fully saturated rings. The molecular weight excluding hydrogens is 537 g/mol. The normalized spacial score (nSPS) is 16.0. The molecule has 39 heavy (non-hydrogen) atoms. The third-order valence-corrected chi connectivity index (χ3v) is 8.02. The van der Waals surface area contributed by atoms with E-state index in [0.717, 1.165) is 40.9 Å². The Morgan fingerprint density at radius 1 is 1.18 bits per heavy atom. The Kier molecular flexibility index (Phi) is 7.32. The highest BCUT2D eigenvalue weighted by Gasteiger charge is 2.41. The molecule has 208 valence electrons. The molecule has 5 rings (SSSR count). The largest absolute Gasteiger partial charge is 0.490 e. The van der Waals surface area contributed by atoms with E-state index in [-0.39, 0.29) is 16.8 Å². The molecule has 0 bridgehead atoms. The van der Waals surface area contributed by atoms with E-state index in [4.69, 9.17) is 9.90 Å². The van der Waals surface area contributed by atoms with E-state index in [1.165, 1.54) is 6.26 Å². The number of aliphatic carboxylic acids is 1. The fourth-order valence-electron chi connectivity index (χ4n) is 4.47. The lowest BCUT2D eigenvalue weighted by Crippen LogP contribution is -2.35. The molecule has 2 N–H and O–H groups in total. The number of aryl methyl sites for hydroxylation is 2. The van der Waals surface area contributed by atoms with Crippen molar-refractivity contribution in [2.45, 2.75) is 57.3 Å². The van der Waals surface area contributed by atoms with Crippen molar-refractivity contribution >= 4 is 21.7 Å². The number of benzene rings is 1. The summed E-state index contributed by atoms with van der Waals surface area (Å²) in [6.07, 6.45) is 0.0187. The minimum Gasteiger partial charge on any atom is -0.475 e. The first-order chi connectivity index (χ1) is 18.1. The fourth-order valence-corrected chi connectivity index (χ4v) is 5.40. The number of fused-ring (bicyclic) bond motifs is 1. The van der Waals surface area contributed by atoms with Gasteiger partial charge < -0.3 is 15.0 Å². The lowest BCUT2D eigenvalue weighted by Gasteiger charge is -2.24. The molecule has 1 amide bonds. The monoisotopic (exact) mass is 564 g/mol. The lowest BCUT2D eigenvalue weighted by atomic mass is 10.0. The average molecular weight is 565 g/mol. The molecule has 1 aliphatic carbocycles. The second kappa shape index (κ2) is 10.1. The van der Waals surface area contributed by atoms with Gasteiger partial charge in [-0.05, 0) is 80.5 Å². The predicted octanol–water partition coefficient (Wildman–Crippen LogP) is 4.55. The predicted molar refractivity (Wildman–Crippen MR) is 136 cm³/mol. The van der Waals surface area contributed by atoms with Gasteiger partial charge in [0, 0.05) is 30.7 Å². The summed E-state index contributed by atoms with van der Waals surface area (Å²) in [5.74, 6) is -1.75. The van der Waals surface area contributed by atoms with Gasteiger partial charge >= 0.3 is 12.1 Å². The molecule has 1 atom stereocenters. The zero-order valence-corrected chi connectivity index (χ0v) is 22.4. The maximum absolute atomic E-state index is 13.2. The number of nitrogens with one attached hydrogen (secondary N) is 1. The van der Waals surface area contributed by atoms with Crippen molar-refractivity contribution in [2.75, 3.05) is 6.26 Å². The van der Waals surface area contributed by atoms with Crippen LogP contribution in [-0.4, -0.2) is 63.7 Å². The van der Waals surface area contributed by atoms with Gasteiger partial charge in [0.2, 0.25) is 0 Å². The Balaban J connectivity index is 0.000000448. The summed E-state index contributed by atoms with van der Waals surface area (Å²) in [5.41, 5.74) is 5.25. The van der Waals surface area contributed by atoms with Crippen LogP contribution in [0.5, 0.6) is 0 Å². The molecule has 1 unspecified atom stereocenters.